The Morgan fingerprint density at radius 2 is 2.21 bits per heavy atom. The number of halogens is 2. The van der Waals surface area contributed by atoms with Crippen molar-refractivity contribution in [2.75, 3.05) is 39.5 Å². The Morgan fingerprint density at radius 3 is 2.90 bits per heavy atom. The second kappa shape index (κ2) is 10.1. The van der Waals surface area contributed by atoms with E-state index in [4.69, 9.17) is 19.2 Å². The molecule has 0 aliphatic carbocycles. The summed E-state index contributed by atoms with van der Waals surface area (Å²) in [6.07, 6.45) is 3.00. The van der Waals surface area contributed by atoms with Crippen LogP contribution in [0.1, 0.15) is 38.7 Å². The van der Waals surface area contributed by atoms with Crippen LogP contribution >= 0.6 is 0 Å². The molecular formula is C21H31F2N3O3. The summed E-state index contributed by atoms with van der Waals surface area (Å²) in [4.78, 5) is 6.95. The van der Waals surface area contributed by atoms with Gasteiger partial charge in [0.25, 0.3) is 0 Å². The molecular weight excluding hydrogens is 380 g/mol. The smallest absolute Gasteiger partial charge is 0.387 e. The molecule has 162 valence electrons. The first kappa shape index (κ1) is 21.6. The van der Waals surface area contributed by atoms with Crippen LogP contribution in [0.3, 0.4) is 0 Å². The average molecular weight is 411 g/mol. The summed E-state index contributed by atoms with van der Waals surface area (Å²) in [5.41, 5.74) is 0.820. The van der Waals surface area contributed by atoms with Crippen molar-refractivity contribution < 1.29 is 23.0 Å². The van der Waals surface area contributed by atoms with Gasteiger partial charge in [0.15, 0.2) is 5.96 Å². The number of rotatable bonds is 8. The second-order valence-corrected chi connectivity index (χ2v) is 7.64. The summed E-state index contributed by atoms with van der Waals surface area (Å²) in [5, 5.41) is 3.32. The minimum absolute atomic E-state index is 0.107. The lowest BCUT2D eigenvalue weighted by molar-refractivity contribution is -0.0505. The lowest BCUT2D eigenvalue weighted by Crippen LogP contribution is -2.41. The zero-order valence-corrected chi connectivity index (χ0v) is 17.3. The molecule has 1 aromatic carbocycles. The van der Waals surface area contributed by atoms with Gasteiger partial charge < -0.3 is 24.4 Å². The molecule has 2 aliphatic rings. The van der Waals surface area contributed by atoms with Gasteiger partial charge in [-0.3, -0.25) is 0 Å². The van der Waals surface area contributed by atoms with E-state index in [1.807, 2.05) is 13.8 Å². The number of likely N-dealkylation sites (tertiary alicyclic amines) is 1. The number of hydrogen-bond acceptors (Lipinski definition) is 4. The molecule has 0 radical (unpaired) electrons. The minimum Gasteiger partial charge on any atom is -0.493 e. The Balaban J connectivity index is 1.74. The zero-order chi connectivity index (χ0) is 20.7. The number of ether oxygens (including phenoxy) is 3. The molecule has 0 aromatic heterocycles. The largest absolute Gasteiger partial charge is 0.493 e. The van der Waals surface area contributed by atoms with E-state index in [1.54, 1.807) is 12.1 Å². The molecule has 1 aromatic rings. The number of nitrogens with one attached hydrogen (secondary N) is 1. The first-order valence-corrected chi connectivity index (χ1v) is 10.4. The highest BCUT2D eigenvalue weighted by atomic mass is 19.3. The van der Waals surface area contributed by atoms with Crippen LogP contribution in [0.25, 0.3) is 0 Å². The lowest BCUT2D eigenvalue weighted by atomic mass is 9.87. The number of nitrogens with zero attached hydrogens (tertiary/aromatic N) is 2. The van der Waals surface area contributed by atoms with Crippen molar-refractivity contribution in [1.82, 2.24) is 10.2 Å². The van der Waals surface area contributed by atoms with Crippen molar-refractivity contribution in [3.8, 4) is 11.5 Å². The third kappa shape index (κ3) is 5.72. The highest BCUT2D eigenvalue weighted by Gasteiger charge is 2.42. The van der Waals surface area contributed by atoms with Gasteiger partial charge in [-0.15, -0.1) is 0 Å². The molecule has 1 unspecified atom stereocenters. The molecule has 2 aliphatic heterocycles. The van der Waals surface area contributed by atoms with E-state index >= 15 is 0 Å². The van der Waals surface area contributed by atoms with Crippen molar-refractivity contribution in [2.24, 2.45) is 10.4 Å². The highest BCUT2D eigenvalue weighted by molar-refractivity contribution is 5.80. The van der Waals surface area contributed by atoms with Crippen molar-refractivity contribution >= 4 is 5.96 Å². The normalized spacial score (nSPS) is 22.0. The average Bonchev–Trinajstić information content (AvgIpc) is 3.34. The minimum atomic E-state index is -2.90. The van der Waals surface area contributed by atoms with E-state index in [9.17, 15) is 8.78 Å². The number of hydrogen-bond donors (Lipinski definition) is 1. The van der Waals surface area contributed by atoms with Crippen LogP contribution in [0.5, 0.6) is 11.5 Å². The van der Waals surface area contributed by atoms with E-state index in [-0.39, 0.29) is 17.7 Å². The van der Waals surface area contributed by atoms with Gasteiger partial charge in [-0.25, -0.2) is 4.99 Å². The molecule has 0 bridgehead atoms. The van der Waals surface area contributed by atoms with Crippen molar-refractivity contribution in [2.45, 2.75) is 46.3 Å². The molecule has 1 spiro atoms. The fraction of sp³-hybridized carbons (Fsp3) is 0.667. The Labute approximate surface area is 171 Å². The van der Waals surface area contributed by atoms with Crippen molar-refractivity contribution in [1.29, 1.82) is 0 Å². The molecule has 3 rings (SSSR count). The first-order chi connectivity index (χ1) is 14.0. The molecule has 8 heteroatoms. The molecule has 0 saturated carbocycles. The predicted molar refractivity (Wildman–Crippen MR) is 108 cm³/mol. The topological polar surface area (TPSA) is 55.3 Å². The van der Waals surface area contributed by atoms with Crippen LogP contribution in [-0.2, 0) is 11.3 Å². The zero-order valence-electron chi connectivity index (χ0n) is 17.3. The summed E-state index contributed by atoms with van der Waals surface area (Å²) in [5.74, 6) is 1.42. The third-order valence-electron chi connectivity index (χ3n) is 5.38. The van der Waals surface area contributed by atoms with Crippen molar-refractivity contribution in [3.05, 3.63) is 23.8 Å². The fourth-order valence-electron chi connectivity index (χ4n) is 3.85. The van der Waals surface area contributed by atoms with Gasteiger partial charge in [0.1, 0.15) is 11.5 Å². The lowest BCUT2D eigenvalue weighted by Gasteiger charge is -2.25. The maximum absolute atomic E-state index is 12.9. The van der Waals surface area contributed by atoms with Gasteiger partial charge >= 0.3 is 6.61 Å². The fourth-order valence-corrected chi connectivity index (χ4v) is 3.85. The summed E-state index contributed by atoms with van der Waals surface area (Å²) in [6, 6.07) is 5.03. The number of alkyl halides is 2. The monoisotopic (exact) mass is 411 g/mol. The second-order valence-electron chi connectivity index (χ2n) is 7.64. The first-order valence-electron chi connectivity index (χ1n) is 10.4. The molecule has 0 amide bonds. The highest BCUT2D eigenvalue weighted by Crippen LogP contribution is 2.38. The Kier molecular flexibility index (Phi) is 7.52. The third-order valence-corrected chi connectivity index (χ3v) is 5.38. The molecule has 1 N–H and O–H groups in total. The molecule has 2 heterocycles. The van der Waals surface area contributed by atoms with Crippen molar-refractivity contribution in [3.63, 3.8) is 0 Å². The quantitative estimate of drug-likeness (QED) is 0.523. The van der Waals surface area contributed by atoms with Gasteiger partial charge in [-0.05, 0) is 38.3 Å². The van der Waals surface area contributed by atoms with Gasteiger partial charge in [0.05, 0.1) is 19.8 Å². The van der Waals surface area contributed by atoms with E-state index in [1.165, 1.54) is 6.07 Å². The SMILES string of the molecule is CCCOc1ccc(CN=C(NCC)N2CCC3(CCOC3)C2)c(OC(F)F)c1. The van der Waals surface area contributed by atoms with Gasteiger partial charge in [-0.1, -0.05) is 6.92 Å². The van der Waals surface area contributed by atoms with Gasteiger partial charge in [0.2, 0.25) is 0 Å². The van der Waals surface area contributed by atoms with E-state index in [0.29, 0.717) is 17.9 Å². The Bertz CT molecular complexity index is 694. The van der Waals surface area contributed by atoms with Crippen LogP contribution < -0.4 is 14.8 Å². The predicted octanol–water partition coefficient (Wildman–Crippen LogP) is 3.65. The van der Waals surface area contributed by atoms with Crippen LogP contribution in [0.2, 0.25) is 0 Å². The summed E-state index contributed by atoms with van der Waals surface area (Å²) >= 11 is 0. The standard InChI is InChI=1S/C21H31F2N3O3/c1-3-10-28-17-6-5-16(18(12-17)29-19(22)23)13-25-20(24-4-2)26-9-7-21(14-26)8-11-27-15-21/h5-6,12,19H,3-4,7-11,13-15H2,1-2H3,(H,24,25). The molecule has 2 fully saturated rings. The number of guanidine groups is 1. The maximum Gasteiger partial charge on any atom is 0.387 e. The molecule has 6 nitrogen and oxygen atoms in total. The number of benzene rings is 1. The molecule has 2 saturated heterocycles. The Hall–Kier alpha value is -2.09. The van der Waals surface area contributed by atoms with Crippen LogP contribution in [-0.4, -0.2) is 56.9 Å². The van der Waals surface area contributed by atoms with E-state index in [0.717, 1.165) is 58.1 Å². The van der Waals surface area contributed by atoms with Crippen LogP contribution in [0, 0.1) is 5.41 Å². The summed E-state index contributed by atoms with van der Waals surface area (Å²) in [6.45, 7) is 6.07. The summed E-state index contributed by atoms with van der Waals surface area (Å²) in [7, 11) is 0. The van der Waals surface area contributed by atoms with Gasteiger partial charge in [0, 0.05) is 43.3 Å². The maximum atomic E-state index is 12.9. The van der Waals surface area contributed by atoms with E-state index in [2.05, 4.69) is 10.2 Å². The summed E-state index contributed by atoms with van der Waals surface area (Å²) < 4.78 is 41.6. The Morgan fingerprint density at radius 1 is 1.34 bits per heavy atom. The molecule has 29 heavy (non-hydrogen) atoms. The van der Waals surface area contributed by atoms with Gasteiger partial charge in [-0.2, -0.15) is 8.78 Å². The van der Waals surface area contributed by atoms with E-state index < -0.39 is 6.61 Å². The van der Waals surface area contributed by atoms with Crippen LogP contribution in [0.15, 0.2) is 23.2 Å². The number of aliphatic imine (C=N–C) groups is 1. The molecule has 1 atom stereocenters. The van der Waals surface area contributed by atoms with Crippen LogP contribution in [0.4, 0.5) is 8.78 Å².